The van der Waals surface area contributed by atoms with Crippen LogP contribution in [0.4, 0.5) is 4.39 Å². The zero-order valence-corrected chi connectivity index (χ0v) is 13.0. The summed E-state index contributed by atoms with van der Waals surface area (Å²) in [6.07, 6.45) is 3.67. The minimum absolute atomic E-state index is 0.117. The SMILES string of the molecule is N[C@H]1CC[C@@H](C(=O)NCCCSCc2ccc(F)cc2)C1. The monoisotopic (exact) mass is 310 g/mol. The molecule has 2 atom stereocenters. The first-order valence-electron chi connectivity index (χ1n) is 7.50. The number of hydrogen-bond acceptors (Lipinski definition) is 3. The van der Waals surface area contributed by atoms with Crippen LogP contribution in [0.3, 0.4) is 0 Å². The van der Waals surface area contributed by atoms with E-state index in [1.807, 2.05) is 12.1 Å². The van der Waals surface area contributed by atoms with Crippen LogP contribution >= 0.6 is 11.8 Å². The summed E-state index contributed by atoms with van der Waals surface area (Å²) in [4.78, 5) is 11.9. The number of nitrogens with one attached hydrogen (secondary N) is 1. The molecule has 2 rings (SSSR count). The highest BCUT2D eigenvalue weighted by Gasteiger charge is 2.27. The molecule has 3 nitrogen and oxygen atoms in total. The van der Waals surface area contributed by atoms with Crippen molar-refractivity contribution in [1.82, 2.24) is 5.32 Å². The lowest BCUT2D eigenvalue weighted by molar-refractivity contribution is -0.124. The van der Waals surface area contributed by atoms with Gasteiger partial charge in [-0.05, 0) is 49.1 Å². The summed E-state index contributed by atoms with van der Waals surface area (Å²) in [6, 6.07) is 6.80. The number of hydrogen-bond donors (Lipinski definition) is 2. The number of amides is 1. The molecule has 5 heteroatoms. The highest BCUT2D eigenvalue weighted by atomic mass is 32.2. The minimum Gasteiger partial charge on any atom is -0.356 e. The fraction of sp³-hybridized carbons (Fsp3) is 0.562. The molecule has 1 aliphatic carbocycles. The Morgan fingerprint density at radius 2 is 2.10 bits per heavy atom. The Hall–Kier alpha value is -1.07. The van der Waals surface area contributed by atoms with Crippen LogP contribution in [0.1, 0.15) is 31.2 Å². The van der Waals surface area contributed by atoms with E-state index in [9.17, 15) is 9.18 Å². The molecule has 1 aliphatic rings. The third-order valence-corrected chi connectivity index (χ3v) is 4.91. The van der Waals surface area contributed by atoms with Gasteiger partial charge in [0, 0.05) is 24.3 Å². The van der Waals surface area contributed by atoms with Crippen LogP contribution in [-0.4, -0.2) is 24.2 Å². The topological polar surface area (TPSA) is 55.1 Å². The molecule has 0 spiro atoms. The van der Waals surface area contributed by atoms with E-state index in [1.54, 1.807) is 11.8 Å². The highest BCUT2D eigenvalue weighted by Crippen LogP contribution is 2.24. The lowest BCUT2D eigenvalue weighted by atomic mass is 10.1. The highest BCUT2D eigenvalue weighted by molar-refractivity contribution is 7.98. The van der Waals surface area contributed by atoms with E-state index in [-0.39, 0.29) is 23.7 Å². The summed E-state index contributed by atoms with van der Waals surface area (Å²) in [5.41, 5.74) is 6.95. The van der Waals surface area contributed by atoms with Gasteiger partial charge in [-0.3, -0.25) is 4.79 Å². The molecule has 1 fully saturated rings. The maximum atomic E-state index is 12.7. The predicted octanol–water partition coefficient (Wildman–Crippen LogP) is 2.69. The summed E-state index contributed by atoms with van der Waals surface area (Å²) in [5.74, 6) is 1.95. The molecule has 0 aliphatic heterocycles. The molecule has 1 aromatic rings. The average Bonchev–Trinajstić information content (AvgIpc) is 2.91. The van der Waals surface area contributed by atoms with E-state index < -0.39 is 0 Å². The van der Waals surface area contributed by atoms with Crippen molar-refractivity contribution in [2.75, 3.05) is 12.3 Å². The summed E-state index contributed by atoms with van der Waals surface area (Å²) in [5, 5.41) is 2.99. The van der Waals surface area contributed by atoms with Crippen LogP contribution in [0, 0.1) is 11.7 Å². The summed E-state index contributed by atoms with van der Waals surface area (Å²) >= 11 is 1.80. The molecule has 0 saturated heterocycles. The van der Waals surface area contributed by atoms with Crippen molar-refractivity contribution in [3.63, 3.8) is 0 Å². The molecule has 1 aromatic carbocycles. The van der Waals surface area contributed by atoms with E-state index in [4.69, 9.17) is 5.73 Å². The van der Waals surface area contributed by atoms with Crippen molar-refractivity contribution in [3.05, 3.63) is 35.6 Å². The van der Waals surface area contributed by atoms with Crippen molar-refractivity contribution in [3.8, 4) is 0 Å². The summed E-state index contributed by atoms with van der Waals surface area (Å²) < 4.78 is 12.7. The number of rotatable bonds is 7. The van der Waals surface area contributed by atoms with Gasteiger partial charge in [-0.25, -0.2) is 4.39 Å². The largest absolute Gasteiger partial charge is 0.356 e. The third-order valence-electron chi connectivity index (χ3n) is 3.79. The Kier molecular flexibility index (Phi) is 6.51. The smallest absolute Gasteiger partial charge is 0.223 e. The van der Waals surface area contributed by atoms with E-state index >= 15 is 0 Å². The van der Waals surface area contributed by atoms with Gasteiger partial charge >= 0.3 is 0 Å². The number of carbonyl (C=O) groups is 1. The number of halogens is 1. The Labute approximate surface area is 129 Å². The molecule has 1 saturated carbocycles. The Morgan fingerprint density at radius 3 is 2.76 bits per heavy atom. The number of nitrogens with two attached hydrogens (primary N) is 1. The van der Waals surface area contributed by atoms with E-state index in [0.29, 0.717) is 0 Å². The normalized spacial score (nSPS) is 21.4. The number of benzene rings is 1. The fourth-order valence-electron chi connectivity index (χ4n) is 2.56. The Morgan fingerprint density at radius 1 is 1.33 bits per heavy atom. The van der Waals surface area contributed by atoms with Gasteiger partial charge in [0.25, 0.3) is 0 Å². The molecule has 116 valence electrons. The minimum atomic E-state index is -0.196. The first-order chi connectivity index (χ1) is 10.1. The average molecular weight is 310 g/mol. The number of carbonyl (C=O) groups excluding carboxylic acids is 1. The number of thioether (sulfide) groups is 1. The van der Waals surface area contributed by atoms with Crippen LogP contribution in [-0.2, 0) is 10.5 Å². The standard InChI is InChI=1S/C16H23FN2OS/c17-14-5-2-12(3-6-14)11-21-9-1-8-19-16(20)13-4-7-15(18)10-13/h2-3,5-6,13,15H,1,4,7-11,18H2,(H,19,20)/t13-,15+/m1/s1. The van der Waals surface area contributed by atoms with Gasteiger partial charge < -0.3 is 11.1 Å². The second-order valence-electron chi connectivity index (χ2n) is 5.59. The molecule has 0 heterocycles. The molecule has 0 radical (unpaired) electrons. The van der Waals surface area contributed by atoms with Gasteiger partial charge in [-0.15, -0.1) is 0 Å². The molecule has 1 amide bonds. The molecule has 0 unspecified atom stereocenters. The first kappa shape index (κ1) is 16.3. The van der Waals surface area contributed by atoms with Crippen molar-refractivity contribution < 1.29 is 9.18 Å². The summed E-state index contributed by atoms with van der Waals surface area (Å²) in [7, 11) is 0. The van der Waals surface area contributed by atoms with Crippen LogP contribution < -0.4 is 11.1 Å². The molecule has 21 heavy (non-hydrogen) atoms. The maximum absolute atomic E-state index is 12.7. The molecule has 0 bridgehead atoms. The third kappa shape index (κ3) is 5.67. The van der Waals surface area contributed by atoms with Crippen LogP contribution in [0.2, 0.25) is 0 Å². The van der Waals surface area contributed by atoms with E-state index in [1.165, 1.54) is 12.1 Å². The maximum Gasteiger partial charge on any atom is 0.223 e. The summed E-state index contributed by atoms with van der Waals surface area (Å²) in [6.45, 7) is 0.723. The quantitative estimate of drug-likeness (QED) is 0.761. The van der Waals surface area contributed by atoms with Crippen molar-refractivity contribution in [2.45, 2.75) is 37.5 Å². The predicted molar refractivity (Wildman–Crippen MR) is 85.5 cm³/mol. The van der Waals surface area contributed by atoms with Gasteiger partial charge in [0.05, 0.1) is 0 Å². The van der Waals surface area contributed by atoms with Crippen LogP contribution in [0.25, 0.3) is 0 Å². The lowest BCUT2D eigenvalue weighted by Crippen LogP contribution is -2.31. The van der Waals surface area contributed by atoms with E-state index in [0.717, 1.165) is 49.3 Å². The molecule has 0 aromatic heterocycles. The molecule has 3 N–H and O–H groups in total. The van der Waals surface area contributed by atoms with Crippen molar-refractivity contribution in [2.24, 2.45) is 11.7 Å². The van der Waals surface area contributed by atoms with Gasteiger partial charge in [-0.2, -0.15) is 11.8 Å². The van der Waals surface area contributed by atoms with E-state index in [2.05, 4.69) is 5.32 Å². The zero-order chi connectivity index (χ0) is 15.1. The van der Waals surface area contributed by atoms with Crippen molar-refractivity contribution >= 4 is 17.7 Å². The zero-order valence-electron chi connectivity index (χ0n) is 12.2. The Bertz CT molecular complexity index is 452. The Balaban J connectivity index is 1.52. The lowest BCUT2D eigenvalue weighted by Gasteiger charge is -2.10. The van der Waals surface area contributed by atoms with Gasteiger partial charge in [0.2, 0.25) is 5.91 Å². The van der Waals surface area contributed by atoms with Crippen molar-refractivity contribution in [1.29, 1.82) is 0 Å². The van der Waals surface area contributed by atoms with Crippen LogP contribution in [0.15, 0.2) is 24.3 Å². The second kappa shape index (κ2) is 8.39. The molecular weight excluding hydrogens is 287 g/mol. The molecular formula is C16H23FN2OS. The second-order valence-corrected chi connectivity index (χ2v) is 6.70. The van der Waals surface area contributed by atoms with Gasteiger partial charge in [-0.1, -0.05) is 12.1 Å². The fourth-order valence-corrected chi connectivity index (χ4v) is 3.48. The van der Waals surface area contributed by atoms with Crippen LogP contribution in [0.5, 0.6) is 0 Å². The first-order valence-corrected chi connectivity index (χ1v) is 8.66. The van der Waals surface area contributed by atoms with Gasteiger partial charge in [0.1, 0.15) is 5.82 Å². The van der Waals surface area contributed by atoms with Gasteiger partial charge in [0.15, 0.2) is 0 Å².